The minimum Gasteiger partial charge on any atom is -0.310 e. The second-order valence-corrected chi connectivity index (χ2v) is 21.4. The van der Waals surface area contributed by atoms with Crippen LogP contribution in [-0.2, 0) is 0 Å². The largest absolute Gasteiger partial charge is 0.310 e. The Hall–Kier alpha value is -11.7. The minimum absolute atomic E-state index is 0.509. The molecule has 0 radical (unpaired) electrons. The van der Waals surface area contributed by atoms with E-state index in [9.17, 15) is 0 Å². The number of hydrogen-bond acceptors (Lipinski definition) is 3. The second kappa shape index (κ2) is 18.7. The van der Waals surface area contributed by atoms with Gasteiger partial charge in [-0.15, -0.1) is 0 Å². The lowest BCUT2D eigenvalue weighted by Gasteiger charge is -2.21. The number of hydrogen-bond donors (Lipinski definition) is 0. The highest BCUT2D eigenvalue weighted by molar-refractivity contribution is 6.21. The van der Waals surface area contributed by atoms with Crippen LogP contribution in [0.4, 0.5) is 5.69 Å². The molecule has 5 heterocycles. The van der Waals surface area contributed by atoms with Crippen molar-refractivity contribution >= 4 is 92.9 Å². The maximum Gasteiger partial charge on any atom is 0.197 e. The van der Waals surface area contributed by atoms with E-state index in [1.165, 1.54) is 21.5 Å². The maximum absolute atomic E-state index is 9.17. The van der Waals surface area contributed by atoms with Gasteiger partial charge in [-0.25, -0.2) is 19.8 Å². The molecule has 17 aromatic rings. The molecule has 17 rings (SSSR count). The zero-order valence-corrected chi connectivity index (χ0v) is 45.1. The van der Waals surface area contributed by atoms with Crippen molar-refractivity contribution in [3.63, 3.8) is 0 Å². The minimum atomic E-state index is 0.509. The van der Waals surface area contributed by atoms with Crippen LogP contribution >= 0.6 is 0 Å². The summed E-state index contributed by atoms with van der Waals surface area (Å²) in [4.78, 5) is 20.1. The first-order valence-electron chi connectivity index (χ1n) is 28.2. The van der Waals surface area contributed by atoms with E-state index in [2.05, 4.69) is 229 Å². The predicted octanol–water partition coefficient (Wildman–Crippen LogP) is 19.5. The number of benzene rings is 12. The molecule has 8 heteroatoms. The summed E-state index contributed by atoms with van der Waals surface area (Å²) in [6.07, 6.45) is 0. The number of nitrogens with zero attached hydrogens (tertiary/aromatic N) is 8. The fourth-order valence-electron chi connectivity index (χ4n) is 13.2. The monoisotopic (exact) mass is 1070 g/mol. The normalized spacial score (nSPS) is 11.8. The summed E-state index contributed by atoms with van der Waals surface area (Å²) in [7, 11) is 0. The Morgan fingerprint density at radius 3 is 1.07 bits per heavy atom. The quantitative estimate of drug-likeness (QED) is 0.142. The third-order valence-electron chi connectivity index (χ3n) is 16.8. The fourth-order valence-corrected chi connectivity index (χ4v) is 13.2. The van der Waals surface area contributed by atoms with Gasteiger partial charge in [0.1, 0.15) is 0 Å². The summed E-state index contributed by atoms with van der Waals surface area (Å²) < 4.78 is 9.55. The Morgan fingerprint density at radius 2 is 0.631 bits per heavy atom. The zero-order chi connectivity index (χ0) is 55.4. The van der Waals surface area contributed by atoms with Gasteiger partial charge in [0.2, 0.25) is 0 Å². The van der Waals surface area contributed by atoms with Crippen LogP contribution in [0, 0.1) is 6.57 Å². The van der Waals surface area contributed by atoms with Gasteiger partial charge in [-0.1, -0.05) is 182 Å². The number of rotatable bonds is 8. The van der Waals surface area contributed by atoms with Crippen molar-refractivity contribution in [3.05, 3.63) is 290 Å². The Bertz CT molecular complexity index is 5490. The van der Waals surface area contributed by atoms with E-state index in [4.69, 9.17) is 21.5 Å². The van der Waals surface area contributed by atoms with Crippen molar-refractivity contribution in [1.29, 1.82) is 0 Å². The molecule has 0 spiro atoms. The molecule has 12 aromatic carbocycles. The van der Waals surface area contributed by atoms with Gasteiger partial charge < -0.3 is 18.3 Å². The Balaban J connectivity index is 1.00. The molecule has 0 atom stereocenters. The van der Waals surface area contributed by atoms with Crippen LogP contribution in [0.1, 0.15) is 0 Å². The van der Waals surface area contributed by atoms with Crippen LogP contribution in [0.15, 0.2) is 279 Å². The lowest BCUT2D eigenvalue weighted by molar-refractivity contribution is 1.07. The highest BCUT2D eigenvalue weighted by Gasteiger charge is 2.27. The summed E-state index contributed by atoms with van der Waals surface area (Å²) >= 11 is 0. The molecule has 0 saturated heterocycles. The molecule has 0 unspecified atom stereocenters. The molecule has 0 N–H and O–H groups in total. The van der Waals surface area contributed by atoms with Gasteiger partial charge in [0.25, 0.3) is 0 Å². The summed E-state index contributed by atoms with van der Waals surface area (Å²) in [6.45, 7) is 9.17. The van der Waals surface area contributed by atoms with Crippen LogP contribution < -0.4 is 0 Å². The van der Waals surface area contributed by atoms with Gasteiger partial charge in [-0.3, -0.25) is 0 Å². The molecule has 0 fully saturated rings. The highest BCUT2D eigenvalue weighted by Crippen LogP contribution is 2.48. The topological polar surface area (TPSA) is 62.8 Å². The summed E-state index contributed by atoms with van der Waals surface area (Å²) in [6, 6.07) is 98.4. The van der Waals surface area contributed by atoms with E-state index in [0.29, 0.717) is 23.2 Å². The molecule has 8 nitrogen and oxygen atoms in total. The average Bonchev–Trinajstić information content (AvgIpc) is 1.70. The molecule has 0 bridgehead atoms. The van der Waals surface area contributed by atoms with Gasteiger partial charge in [0.05, 0.1) is 56.4 Å². The van der Waals surface area contributed by atoms with Crippen molar-refractivity contribution in [2.45, 2.75) is 0 Å². The Labute approximate surface area is 482 Å². The highest BCUT2D eigenvalue weighted by atomic mass is 15.1. The third kappa shape index (κ3) is 7.16. The van der Waals surface area contributed by atoms with E-state index in [0.717, 1.165) is 116 Å². The maximum atomic E-state index is 9.17. The zero-order valence-electron chi connectivity index (χ0n) is 45.1. The van der Waals surface area contributed by atoms with Gasteiger partial charge in [0, 0.05) is 82.4 Å². The molecule has 0 aliphatic heterocycles. The molecule has 84 heavy (non-hydrogen) atoms. The molecular weight excluding hydrogens is 1020 g/mol. The number of fused-ring (bicyclic) bond motifs is 12. The van der Waals surface area contributed by atoms with E-state index >= 15 is 0 Å². The lowest BCUT2D eigenvalue weighted by Crippen LogP contribution is -2.04. The fraction of sp³-hybridized carbons (Fsp3) is 0. The molecule has 0 aliphatic rings. The number of aromatic nitrogens is 7. The van der Waals surface area contributed by atoms with E-state index in [1.54, 1.807) is 0 Å². The second-order valence-electron chi connectivity index (χ2n) is 21.4. The van der Waals surface area contributed by atoms with E-state index in [-0.39, 0.29) is 0 Å². The van der Waals surface area contributed by atoms with Crippen LogP contribution in [0.5, 0.6) is 0 Å². The van der Waals surface area contributed by atoms with Gasteiger partial charge in [-0.05, 0) is 103 Å². The van der Waals surface area contributed by atoms with Gasteiger partial charge in [0.15, 0.2) is 23.2 Å². The van der Waals surface area contributed by atoms with Crippen molar-refractivity contribution in [2.24, 2.45) is 0 Å². The van der Waals surface area contributed by atoms with Crippen molar-refractivity contribution in [3.8, 4) is 68.0 Å². The summed E-state index contributed by atoms with van der Waals surface area (Å²) in [5.41, 5.74) is 17.2. The van der Waals surface area contributed by atoms with Crippen LogP contribution in [0.2, 0.25) is 0 Å². The smallest absolute Gasteiger partial charge is 0.197 e. The summed E-state index contributed by atoms with van der Waals surface area (Å²) in [5.74, 6) is 1.65. The predicted molar refractivity (Wildman–Crippen MR) is 345 cm³/mol. The van der Waals surface area contributed by atoms with Crippen molar-refractivity contribution in [2.75, 3.05) is 0 Å². The molecule has 5 aromatic heterocycles. The average molecular weight is 1070 g/mol. The SMILES string of the molecule is [C-]#[N+]c1cccc(-n2c3ccccc3c3cc4c5ccccc5n(-c5ccccc5)c4cc32)c1-c1cc(-c2nc(-c3ccccc3)nc(-c3ccccc3)n2)ccc1-n1c2ccccc2c2cc3c4ccccc4n(-c4ccccc4)c3cc21. The molecule has 0 amide bonds. The van der Waals surface area contributed by atoms with E-state index in [1.807, 2.05) is 72.8 Å². The molecular formula is C76H46N8. The Morgan fingerprint density at radius 1 is 0.262 bits per heavy atom. The molecule has 0 saturated carbocycles. The van der Waals surface area contributed by atoms with Gasteiger partial charge >= 0.3 is 0 Å². The van der Waals surface area contributed by atoms with Gasteiger partial charge in [-0.2, -0.15) is 0 Å². The van der Waals surface area contributed by atoms with E-state index < -0.39 is 0 Å². The molecule has 0 aliphatic carbocycles. The van der Waals surface area contributed by atoms with Crippen LogP contribution in [0.25, 0.3) is 160 Å². The first kappa shape index (κ1) is 47.2. The summed E-state index contributed by atoms with van der Waals surface area (Å²) in [5, 5.41) is 9.20. The first-order chi connectivity index (χ1) is 41.6. The third-order valence-corrected chi connectivity index (χ3v) is 16.8. The number of para-hydroxylation sites is 6. The Kier molecular flexibility index (Phi) is 10.5. The first-order valence-corrected chi connectivity index (χ1v) is 28.2. The lowest BCUT2D eigenvalue weighted by atomic mass is 9.96. The van der Waals surface area contributed by atoms with Crippen LogP contribution in [-0.4, -0.2) is 33.2 Å². The molecule has 390 valence electrons. The van der Waals surface area contributed by atoms with Crippen molar-refractivity contribution < 1.29 is 0 Å². The van der Waals surface area contributed by atoms with Crippen molar-refractivity contribution in [1.82, 2.24) is 33.2 Å². The standard InChI is InChI=1S/C76H46N8/c1-77-62-35-22-40-68(84-66-39-21-17-34-56(66)60-45-58-54-32-15-19-37-64(54)82(70(58)47-72(60)84)52-29-12-5-13-30-52)73(62)61-43-50(76-79-74(48-23-6-2-7-24-48)78-75(80-76)49-25-8-3-9-26-49)41-42-67(61)83-65-38-20-16-33-55(65)59-44-57-53-31-14-18-36-63(53)81(69(57)46-71(59)83)51-27-10-4-11-28-51/h2-47H. The van der Waals surface area contributed by atoms with Crippen LogP contribution in [0.3, 0.4) is 0 Å².